The average Bonchev–Trinajstić information content (AvgIpc) is 2.90. The third-order valence-electron chi connectivity index (χ3n) is 3.39. The number of aliphatic hydroxyl groups is 1. The number of fused-ring (bicyclic) bond motifs is 1. The molecule has 0 radical (unpaired) electrons. The smallest absolute Gasteiger partial charge is 0.133 e. The second-order valence-corrected chi connectivity index (χ2v) is 5.15. The molecule has 3 rings (SSSR count). The summed E-state index contributed by atoms with van der Waals surface area (Å²) >= 11 is 6.16. The molecule has 0 aliphatic carbocycles. The van der Waals surface area contributed by atoms with Crippen LogP contribution in [0.5, 0.6) is 11.5 Å². The van der Waals surface area contributed by atoms with Crippen LogP contribution in [0.1, 0.15) is 22.9 Å². The molecule has 2 heterocycles. The maximum absolute atomic E-state index is 9.66. The minimum Gasteiger partial charge on any atom is -0.490 e. The molecule has 1 atom stereocenters. The van der Waals surface area contributed by atoms with Gasteiger partial charge in [0.05, 0.1) is 5.69 Å². The lowest BCUT2D eigenvalue weighted by atomic mass is 10.1. The van der Waals surface area contributed by atoms with Crippen LogP contribution in [-0.2, 0) is 13.7 Å². The second-order valence-electron chi connectivity index (χ2n) is 4.79. The molecule has 2 aromatic rings. The van der Waals surface area contributed by atoms with Crippen molar-refractivity contribution in [1.29, 1.82) is 0 Å². The molecule has 0 saturated heterocycles. The summed E-state index contributed by atoms with van der Waals surface area (Å²) in [5.41, 5.74) is 2.52. The zero-order valence-electron chi connectivity index (χ0n) is 11.3. The molecular weight excluding hydrogens is 280 g/mol. The van der Waals surface area contributed by atoms with Crippen LogP contribution in [-0.4, -0.2) is 21.5 Å². The van der Waals surface area contributed by atoms with E-state index < -0.39 is 6.10 Å². The van der Waals surface area contributed by atoms with Crippen molar-refractivity contribution in [3.05, 3.63) is 40.2 Å². The number of aliphatic hydroxyl groups excluding tert-OH is 1. The Labute approximate surface area is 121 Å². The topological polar surface area (TPSA) is 56.5 Å². The van der Waals surface area contributed by atoms with E-state index in [2.05, 4.69) is 5.10 Å². The van der Waals surface area contributed by atoms with E-state index in [1.54, 1.807) is 17.8 Å². The van der Waals surface area contributed by atoms with Gasteiger partial charge in [0.15, 0.2) is 0 Å². The third-order valence-corrected chi connectivity index (χ3v) is 3.87. The maximum atomic E-state index is 9.66. The van der Waals surface area contributed by atoms with E-state index in [0.29, 0.717) is 29.9 Å². The lowest BCUT2D eigenvalue weighted by Gasteiger charge is -2.08. The van der Waals surface area contributed by atoms with Gasteiger partial charge in [0.2, 0.25) is 0 Å². The summed E-state index contributed by atoms with van der Waals surface area (Å²) in [6, 6.07) is 5.42. The predicted molar refractivity (Wildman–Crippen MR) is 74.2 cm³/mol. The summed E-state index contributed by atoms with van der Waals surface area (Å²) in [5.74, 6) is 1.35. The summed E-state index contributed by atoms with van der Waals surface area (Å²) in [6.45, 7) is 2.54. The molecule has 1 aliphatic heterocycles. The van der Waals surface area contributed by atoms with Gasteiger partial charge >= 0.3 is 0 Å². The maximum Gasteiger partial charge on any atom is 0.133 e. The number of aromatic nitrogens is 2. The van der Waals surface area contributed by atoms with Gasteiger partial charge in [-0.2, -0.15) is 5.10 Å². The van der Waals surface area contributed by atoms with Crippen LogP contribution in [0.2, 0.25) is 5.15 Å². The van der Waals surface area contributed by atoms with Crippen LogP contribution in [0.15, 0.2) is 18.2 Å². The Morgan fingerprint density at radius 1 is 1.55 bits per heavy atom. The first-order valence-corrected chi connectivity index (χ1v) is 6.69. The first-order valence-electron chi connectivity index (χ1n) is 6.32. The lowest BCUT2D eigenvalue weighted by molar-refractivity contribution is 0.140. The number of halogens is 1. The molecule has 0 spiro atoms. The average molecular weight is 295 g/mol. The summed E-state index contributed by atoms with van der Waals surface area (Å²) in [6.07, 6.45) is -0.547. The first-order chi connectivity index (χ1) is 9.56. The number of rotatable bonds is 3. The van der Waals surface area contributed by atoms with Crippen LogP contribution in [0.25, 0.3) is 0 Å². The van der Waals surface area contributed by atoms with Crippen LogP contribution in [0.4, 0.5) is 0 Å². The minimum atomic E-state index is -0.547. The fraction of sp³-hybridized carbons (Fsp3) is 0.357. The first kappa shape index (κ1) is 13.3. The molecular formula is C14H15ClN2O3. The van der Waals surface area contributed by atoms with Gasteiger partial charge in [0.25, 0.3) is 0 Å². The van der Waals surface area contributed by atoms with Crippen LogP contribution < -0.4 is 9.47 Å². The van der Waals surface area contributed by atoms with Gasteiger partial charge in [-0.15, -0.1) is 0 Å². The molecule has 1 aliphatic rings. The Kier molecular flexibility index (Phi) is 3.31. The van der Waals surface area contributed by atoms with Crippen molar-refractivity contribution in [3.8, 4) is 11.5 Å². The monoisotopic (exact) mass is 294 g/mol. The number of hydrogen-bond acceptors (Lipinski definition) is 4. The van der Waals surface area contributed by atoms with Crippen LogP contribution >= 0.6 is 11.6 Å². The molecule has 106 valence electrons. The van der Waals surface area contributed by atoms with E-state index in [-0.39, 0.29) is 0 Å². The van der Waals surface area contributed by atoms with Crippen molar-refractivity contribution in [3.63, 3.8) is 0 Å². The van der Waals surface area contributed by atoms with E-state index >= 15 is 0 Å². The molecule has 1 aromatic heterocycles. The third kappa shape index (κ3) is 2.23. The van der Waals surface area contributed by atoms with Gasteiger partial charge in [-0.25, -0.2) is 0 Å². The van der Waals surface area contributed by atoms with Crippen molar-refractivity contribution < 1.29 is 14.6 Å². The molecule has 0 fully saturated rings. The molecule has 1 aromatic carbocycles. The molecule has 6 heteroatoms. The van der Waals surface area contributed by atoms with Crippen molar-refractivity contribution >= 4 is 11.6 Å². The molecule has 1 unspecified atom stereocenters. The fourth-order valence-electron chi connectivity index (χ4n) is 2.26. The van der Waals surface area contributed by atoms with Crippen molar-refractivity contribution in [2.24, 2.45) is 7.05 Å². The van der Waals surface area contributed by atoms with Gasteiger partial charge in [-0.1, -0.05) is 11.6 Å². The second kappa shape index (κ2) is 5.00. The zero-order chi connectivity index (χ0) is 14.3. The zero-order valence-corrected chi connectivity index (χ0v) is 12.0. The largest absolute Gasteiger partial charge is 0.490 e. The molecule has 5 nitrogen and oxygen atoms in total. The summed E-state index contributed by atoms with van der Waals surface area (Å²) in [5, 5.41) is 14.5. The molecule has 0 saturated carbocycles. The Balaban J connectivity index is 1.76. The van der Waals surface area contributed by atoms with Crippen LogP contribution in [0, 0.1) is 6.92 Å². The predicted octanol–water partition coefficient (Wildman–Crippen LogP) is 2.39. The van der Waals surface area contributed by atoms with E-state index in [1.807, 2.05) is 19.1 Å². The molecule has 0 bridgehead atoms. The van der Waals surface area contributed by atoms with Gasteiger partial charge in [-0.05, 0) is 19.1 Å². The summed E-state index contributed by atoms with van der Waals surface area (Å²) < 4.78 is 12.7. The SMILES string of the molecule is Cc1nn(C)c(Cl)c1COc1ccc2c(c1)OCC2O. The number of ether oxygens (including phenoxy) is 2. The van der Waals surface area contributed by atoms with Crippen molar-refractivity contribution in [1.82, 2.24) is 9.78 Å². The molecule has 1 N–H and O–H groups in total. The highest BCUT2D eigenvalue weighted by Crippen LogP contribution is 2.35. The number of benzene rings is 1. The van der Waals surface area contributed by atoms with Gasteiger partial charge in [0.1, 0.15) is 36.0 Å². The highest BCUT2D eigenvalue weighted by molar-refractivity contribution is 6.30. The van der Waals surface area contributed by atoms with Gasteiger partial charge in [-0.3, -0.25) is 4.68 Å². The normalized spacial score (nSPS) is 16.9. The van der Waals surface area contributed by atoms with E-state index in [4.69, 9.17) is 21.1 Å². The number of nitrogens with zero attached hydrogens (tertiary/aromatic N) is 2. The Hall–Kier alpha value is -1.72. The quantitative estimate of drug-likeness (QED) is 0.944. The van der Waals surface area contributed by atoms with Crippen LogP contribution in [0.3, 0.4) is 0 Å². The van der Waals surface area contributed by atoms with E-state index in [9.17, 15) is 5.11 Å². The molecule has 0 amide bonds. The van der Waals surface area contributed by atoms with Gasteiger partial charge < -0.3 is 14.6 Å². The standard InChI is InChI=1S/C14H15ClN2O3/c1-8-11(14(15)17(2)16-8)6-19-9-3-4-10-12(18)7-20-13(10)5-9/h3-5,12,18H,6-7H2,1-2H3. The van der Waals surface area contributed by atoms with Gasteiger partial charge in [0, 0.05) is 24.2 Å². The Morgan fingerprint density at radius 3 is 3.05 bits per heavy atom. The fourth-order valence-corrected chi connectivity index (χ4v) is 2.49. The van der Waals surface area contributed by atoms with E-state index in [1.165, 1.54) is 0 Å². The van der Waals surface area contributed by atoms with E-state index in [0.717, 1.165) is 16.8 Å². The number of aryl methyl sites for hydroxylation is 2. The van der Waals surface area contributed by atoms with Crippen molar-refractivity contribution in [2.45, 2.75) is 19.6 Å². The summed E-state index contributed by atoms with van der Waals surface area (Å²) in [7, 11) is 1.80. The highest BCUT2D eigenvalue weighted by Gasteiger charge is 2.22. The molecule has 20 heavy (non-hydrogen) atoms. The lowest BCUT2D eigenvalue weighted by Crippen LogP contribution is -1.97. The number of hydrogen-bond donors (Lipinski definition) is 1. The Bertz CT molecular complexity index is 654. The minimum absolute atomic E-state index is 0.298. The van der Waals surface area contributed by atoms with Crippen molar-refractivity contribution in [2.75, 3.05) is 6.61 Å². The Morgan fingerprint density at radius 2 is 2.35 bits per heavy atom. The highest BCUT2D eigenvalue weighted by atomic mass is 35.5. The summed E-state index contributed by atoms with van der Waals surface area (Å²) in [4.78, 5) is 0.